The molecule has 5 nitrogen and oxygen atoms in total. The molecule has 1 amide bonds. The molecule has 0 saturated heterocycles. The molecular formula is C8H15NO4. The molecule has 0 spiro atoms. The van der Waals surface area contributed by atoms with Gasteiger partial charge in [0, 0.05) is 6.54 Å². The molecule has 0 aromatic heterocycles. The molecule has 0 saturated carbocycles. The number of hydrogen-bond acceptors (Lipinski definition) is 4. The van der Waals surface area contributed by atoms with E-state index in [1.165, 1.54) is 0 Å². The highest BCUT2D eigenvalue weighted by Gasteiger charge is 2.09. The fraction of sp³-hybridized carbons (Fsp3) is 0.750. The van der Waals surface area contributed by atoms with Crippen molar-refractivity contribution in [2.45, 2.75) is 26.7 Å². The van der Waals surface area contributed by atoms with Crippen LogP contribution in [0.5, 0.6) is 0 Å². The van der Waals surface area contributed by atoms with Gasteiger partial charge in [0.25, 0.3) is 0 Å². The van der Waals surface area contributed by atoms with Gasteiger partial charge in [0.05, 0.1) is 6.61 Å². The summed E-state index contributed by atoms with van der Waals surface area (Å²) in [5.41, 5.74) is 0. The first kappa shape index (κ1) is 11.7. The summed E-state index contributed by atoms with van der Waals surface area (Å²) < 4.78 is 8.80. The van der Waals surface area contributed by atoms with Crippen molar-refractivity contribution in [1.82, 2.24) is 5.32 Å². The minimum atomic E-state index is -0.945. The zero-order valence-electron chi connectivity index (χ0n) is 7.96. The van der Waals surface area contributed by atoms with Crippen LogP contribution in [-0.4, -0.2) is 25.4 Å². The van der Waals surface area contributed by atoms with Crippen molar-refractivity contribution in [3.8, 4) is 0 Å². The zero-order chi connectivity index (χ0) is 10.1. The highest BCUT2D eigenvalue weighted by molar-refractivity contribution is 5.80. The minimum absolute atomic E-state index is 0.286. The van der Waals surface area contributed by atoms with E-state index < -0.39 is 12.2 Å². The van der Waals surface area contributed by atoms with E-state index >= 15 is 0 Å². The smallest absolute Gasteiger partial charge is 0.434 e. The van der Waals surface area contributed by atoms with E-state index in [2.05, 4.69) is 14.8 Å². The Morgan fingerprint density at radius 1 is 1.31 bits per heavy atom. The van der Waals surface area contributed by atoms with E-state index in [0.717, 1.165) is 12.8 Å². The van der Waals surface area contributed by atoms with E-state index in [4.69, 9.17) is 0 Å². The second kappa shape index (κ2) is 7.39. The van der Waals surface area contributed by atoms with Gasteiger partial charge in [-0.05, 0) is 13.3 Å². The van der Waals surface area contributed by atoms with E-state index in [-0.39, 0.29) is 6.61 Å². The molecule has 0 unspecified atom stereocenters. The first-order chi connectivity index (χ1) is 6.20. The molecule has 0 atom stereocenters. The minimum Gasteiger partial charge on any atom is -0.434 e. The van der Waals surface area contributed by atoms with Crippen LogP contribution in [0.3, 0.4) is 0 Å². The Bertz CT molecular complexity index is 170. The Kier molecular flexibility index (Phi) is 6.68. The first-order valence-electron chi connectivity index (χ1n) is 4.33. The molecule has 0 aliphatic carbocycles. The maximum atomic E-state index is 10.7. The van der Waals surface area contributed by atoms with Gasteiger partial charge >= 0.3 is 12.2 Å². The van der Waals surface area contributed by atoms with Crippen LogP contribution >= 0.6 is 0 Å². The number of amides is 1. The molecule has 1 N–H and O–H groups in total. The third kappa shape index (κ3) is 7.11. The topological polar surface area (TPSA) is 64.6 Å². The predicted molar refractivity (Wildman–Crippen MR) is 46.4 cm³/mol. The Hall–Kier alpha value is -1.26. The molecule has 0 rings (SSSR count). The van der Waals surface area contributed by atoms with Gasteiger partial charge in [0.2, 0.25) is 0 Å². The van der Waals surface area contributed by atoms with Crippen molar-refractivity contribution in [2.75, 3.05) is 13.2 Å². The van der Waals surface area contributed by atoms with Gasteiger partial charge in [-0.25, -0.2) is 9.59 Å². The van der Waals surface area contributed by atoms with Crippen molar-refractivity contribution >= 4 is 12.2 Å². The molecular weight excluding hydrogens is 174 g/mol. The van der Waals surface area contributed by atoms with E-state index in [9.17, 15) is 9.59 Å². The standard InChI is InChI=1S/C8H15NO4/c1-3-5-6-12-8(11)13-7(10)9-4-2/h3-6H2,1-2H3,(H,9,10). The van der Waals surface area contributed by atoms with Crippen molar-refractivity contribution in [3.05, 3.63) is 0 Å². The van der Waals surface area contributed by atoms with Crippen molar-refractivity contribution in [2.24, 2.45) is 0 Å². The average molecular weight is 189 g/mol. The maximum Gasteiger partial charge on any atom is 0.517 e. The van der Waals surface area contributed by atoms with Crippen molar-refractivity contribution < 1.29 is 19.1 Å². The lowest BCUT2D eigenvalue weighted by molar-refractivity contribution is 0.0743. The quantitative estimate of drug-likeness (QED) is 0.415. The number of carbonyl (C=O) groups excluding carboxylic acids is 2. The summed E-state index contributed by atoms with van der Waals surface area (Å²) in [6.45, 7) is 4.40. The third-order valence-corrected chi connectivity index (χ3v) is 1.21. The fourth-order valence-electron chi connectivity index (χ4n) is 0.585. The van der Waals surface area contributed by atoms with Crippen molar-refractivity contribution in [1.29, 1.82) is 0 Å². The summed E-state index contributed by atoms with van der Waals surface area (Å²) in [7, 11) is 0. The number of rotatable bonds is 4. The van der Waals surface area contributed by atoms with Gasteiger partial charge in [-0.2, -0.15) is 0 Å². The normalized spacial score (nSPS) is 9.08. The van der Waals surface area contributed by atoms with Gasteiger partial charge < -0.3 is 14.8 Å². The second-order valence-corrected chi connectivity index (χ2v) is 2.37. The largest absolute Gasteiger partial charge is 0.517 e. The number of unbranched alkanes of at least 4 members (excludes halogenated alkanes) is 1. The van der Waals surface area contributed by atoms with E-state index in [1.807, 2.05) is 6.92 Å². The lowest BCUT2D eigenvalue weighted by Crippen LogP contribution is -2.26. The van der Waals surface area contributed by atoms with Crippen LogP contribution in [0.4, 0.5) is 9.59 Å². The van der Waals surface area contributed by atoms with Crippen LogP contribution in [0.25, 0.3) is 0 Å². The maximum absolute atomic E-state index is 10.7. The average Bonchev–Trinajstić information content (AvgIpc) is 2.05. The Morgan fingerprint density at radius 3 is 2.54 bits per heavy atom. The highest BCUT2D eigenvalue weighted by atomic mass is 16.7. The molecule has 13 heavy (non-hydrogen) atoms. The number of ether oxygens (including phenoxy) is 2. The van der Waals surface area contributed by atoms with Crippen LogP contribution < -0.4 is 5.32 Å². The van der Waals surface area contributed by atoms with Crippen LogP contribution in [0, 0.1) is 0 Å². The zero-order valence-corrected chi connectivity index (χ0v) is 7.96. The Morgan fingerprint density at radius 2 is 2.00 bits per heavy atom. The molecule has 0 heterocycles. The monoisotopic (exact) mass is 189 g/mol. The predicted octanol–water partition coefficient (Wildman–Crippen LogP) is 1.67. The van der Waals surface area contributed by atoms with Crippen LogP contribution in [0.15, 0.2) is 0 Å². The molecule has 5 heteroatoms. The van der Waals surface area contributed by atoms with E-state index in [1.54, 1.807) is 6.92 Å². The summed E-state index contributed by atoms with van der Waals surface area (Å²) in [6.07, 6.45) is -0.0257. The lowest BCUT2D eigenvalue weighted by Gasteiger charge is -2.03. The van der Waals surface area contributed by atoms with Crippen LogP contribution in [-0.2, 0) is 9.47 Å². The molecule has 0 aliphatic heterocycles. The van der Waals surface area contributed by atoms with Crippen molar-refractivity contribution in [3.63, 3.8) is 0 Å². The molecule has 0 aromatic carbocycles. The molecule has 0 bridgehead atoms. The number of nitrogens with one attached hydrogen (secondary N) is 1. The molecule has 0 radical (unpaired) electrons. The van der Waals surface area contributed by atoms with Gasteiger partial charge in [0.15, 0.2) is 0 Å². The molecule has 76 valence electrons. The van der Waals surface area contributed by atoms with Gasteiger partial charge in [0.1, 0.15) is 0 Å². The number of hydrogen-bond donors (Lipinski definition) is 1. The lowest BCUT2D eigenvalue weighted by atomic mass is 10.4. The molecule has 0 aromatic rings. The van der Waals surface area contributed by atoms with E-state index in [0.29, 0.717) is 6.54 Å². The second-order valence-electron chi connectivity index (χ2n) is 2.37. The summed E-state index contributed by atoms with van der Waals surface area (Å²) in [6, 6.07) is 0. The first-order valence-corrected chi connectivity index (χ1v) is 4.33. The summed E-state index contributed by atoms with van der Waals surface area (Å²) in [4.78, 5) is 21.3. The van der Waals surface area contributed by atoms with Crippen LogP contribution in [0.1, 0.15) is 26.7 Å². The van der Waals surface area contributed by atoms with Gasteiger partial charge in [-0.1, -0.05) is 13.3 Å². The summed E-state index contributed by atoms with van der Waals surface area (Å²) >= 11 is 0. The Balaban J connectivity index is 3.44. The highest BCUT2D eigenvalue weighted by Crippen LogP contribution is 1.91. The Labute approximate surface area is 77.4 Å². The molecule has 0 aliphatic rings. The summed E-state index contributed by atoms with van der Waals surface area (Å²) in [5, 5.41) is 2.30. The van der Waals surface area contributed by atoms with Gasteiger partial charge in [-0.15, -0.1) is 0 Å². The fourth-order valence-corrected chi connectivity index (χ4v) is 0.585. The van der Waals surface area contributed by atoms with Gasteiger partial charge in [-0.3, -0.25) is 0 Å². The number of alkyl carbamates (subject to hydrolysis) is 1. The third-order valence-electron chi connectivity index (χ3n) is 1.21. The molecule has 0 fully saturated rings. The number of carbonyl (C=O) groups is 2. The SMILES string of the molecule is CCCCOC(=O)OC(=O)NCC. The van der Waals surface area contributed by atoms with Crippen LogP contribution in [0.2, 0.25) is 0 Å². The summed E-state index contributed by atoms with van der Waals surface area (Å²) in [5.74, 6) is 0.